The van der Waals surface area contributed by atoms with Crippen LogP contribution in [0, 0.1) is 17.7 Å². The third-order valence-corrected chi connectivity index (χ3v) is 4.21. The van der Waals surface area contributed by atoms with E-state index in [0.29, 0.717) is 11.8 Å². The molecule has 0 N–H and O–H groups in total. The van der Waals surface area contributed by atoms with Gasteiger partial charge >= 0.3 is 0 Å². The fourth-order valence-corrected chi connectivity index (χ4v) is 2.93. The molecule has 1 aromatic carbocycles. The molecule has 0 aliphatic rings. The van der Waals surface area contributed by atoms with E-state index >= 15 is 0 Å². The zero-order chi connectivity index (χ0) is 11.4. The van der Waals surface area contributed by atoms with Crippen molar-refractivity contribution in [3.8, 4) is 0 Å². The van der Waals surface area contributed by atoms with E-state index in [-0.39, 0.29) is 5.82 Å². The van der Waals surface area contributed by atoms with Gasteiger partial charge in [-0.3, -0.25) is 0 Å². The summed E-state index contributed by atoms with van der Waals surface area (Å²) in [7, 11) is 0. The lowest BCUT2D eigenvalue weighted by Crippen LogP contribution is -2.13. The van der Waals surface area contributed by atoms with Gasteiger partial charge in [-0.25, -0.2) is 4.39 Å². The quantitative estimate of drug-likeness (QED) is 0.692. The highest BCUT2D eigenvalue weighted by molar-refractivity contribution is 9.10. The maximum absolute atomic E-state index is 12.9. The van der Waals surface area contributed by atoms with E-state index < -0.39 is 0 Å². The molecule has 0 fully saturated rings. The van der Waals surface area contributed by atoms with Gasteiger partial charge in [0.2, 0.25) is 0 Å². The minimum absolute atomic E-state index is 0.189. The fraction of sp³-hybridized carbons (Fsp3) is 0.500. The molecule has 0 bridgehead atoms. The Kier molecular flexibility index (Phi) is 5.27. The van der Waals surface area contributed by atoms with Gasteiger partial charge in [0.05, 0.1) is 0 Å². The van der Waals surface area contributed by atoms with E-state index in [1.807, 2.05) is 6.07 Å². The summed E-state index contributed by atoms with van der Waals surface area (Å²) in [5.74, 6) is 1.03. The minimum Gasteiger partial charge on any atom is -0.207 e. The van der Waals surface area contributed by atoms with E-state index in [4.69, 9.17) is 0 Å². The van der Waals surface area contributed by atoms with E-state index in [9.17, 15) is 4.39 Å². The van der Waals surface area contributed by atoms with Gasteiger partial charge in [-0.15, -0.1) is 0 Å². The first kappa shape index (κ1) is 13.2. The molecule has 0 aliphatic carbocycles. The summed E-state index contributed by atoms with van der Waals surface area (Å²) in [6.07, 6.45) is 0.976. The van der Waals surface area contributed by atoms with Crippen LogP contribution in [0.2, 0.25) is 0 Å². The van der Waals surface area contributed by atoms with Crippen molar-refractivity contribution in [3.63, 3.8) is 0 Å². The molecule has 0 heterocycles. The summed E-state index contributed by atoms with van der Waals surface area (Å²) in [6, 6.07) is 4.91. The number of benzene rings is 1. The van der Waals surface area contributed by atoms with Gasteiger partial charge in [-0.05, 0) is 36.0 Å². The van der Waals surface area contributed by atoms with Crippen molar-refractivity contribution in [2.45, 2.75) is 20.3 Å². The van der Waals surface area contributed by atoms with E-state index in [1.54, 1.807) is 0 Å². The highest BCUT2D eigenvalue weighted by Gasteiger charge is 2.14. The lowest BCUT2D eigenvalue weighted by Gasteiger charge is -2.18. The van der Waals surface area contributed by atoms with Crippen LogP contribution in [0.15, 0.2) is 22.7 Å². The Balaban J connectivity index is 2.79. The molecule has 0 amide bonds. The number of hydrogen-bond donors (Lipinski definition) is 0. The Morgan fingerprint density at radius 3 is 2.47 bits per heavy atom. The number of halogens is 3. The Hall–Kier alpha value is 0.110. The number of alkyl halides is 1. The summed E-state index contributed by atoms with van der Waals surface area (Å²) in [5.41, 5.74) is 1.18. The Morgan fingerprint density at radius 2 is 2.00 bits per heavy atom. The molecule has 0 saturated heterocycles. The van der Waals surface area contributed by atoms with Crippen molar-refractivity contribution in [3.05, 3.63) is 34.1 Å². The molecule has 15 heavy (non-hydrogen) atoms. The average Bonchev–Trinajstić information content (AvgIpc) is 2.16. The van der Waals surface area contributed by atoms with E-state index in [0.717, 1.165) is 16.2 Å². The summed E-state index contributed by atoms with van der Waals surface area (Å²) >= 11 is 6.92. The summed E-state index contributed by atoms with van der Waals surface area (Å²) in [6.45, 7) is 4.42. The summed E-state index contributed by atoms with van der Waals surface area (Å²) in [5, 5.41) is 0.981. The zero-order valence-corrected chi connectivity index (χ0v) is 12.1. The van der Waals surface area contributed by atoms with Crippen molar-refractivity contribution in [2.24, 2.45) is 11.8 Å². The maximum Gasteiger partial charge on any atom is 0.124 e. The second-order valence-corrected chi connectivity index (χ2v) is 5.60. The van der Waals surface area contributed by atoms with Gasteiger partial charge in [0.15, 0.2) is 0 Å². The normalized spacial score (nSPS) is 13.2. The molecule has 0 nitrogen and oxygen atoms in total. The standard InChI is InChI=1S/C12H15Br2F/c1-8(2)10(7-13)5-9-3-4-11(15)6-12(9)14/h3-4,6,8,10H,5,7H2,1-2H3. The van der Waals surface area contributed by atoms with Crippen LogP contribution in [-0.4, -0.2) is 5.33 Å². The van der Waals surface area contributed by atoms with Crippen LogP contribution in [-0.2, 0) is 6.42 Å². The second-order valence-electron chi connectivity index (χ2n) is 4.10. The number of hydrogen-bond acceptors (Lipinski definition) is 0. The monoisotopic (exact) mass is 336 g/mol. The molecular formula is C12H15Br2F. The molecule has 0 aromatic heterocycles. The minimum atomic E-state index is -0.189. The average molecular weight is 338 g/mol. The van der Waals surface area contributed by atoms with Crippen LogP contribution in [0.1, 0.15) is 19.4 Å². The molecule has 0 aliphatic heterocycles. The number of rotatable bonds is 4. The van der Waals surface area contributed by atoms with Crippen molar-refractivity contribution in [1.29, 1.82) is 0 Å². The molecule has 0 saturated carbocycles. The summed E-state index contributed by atoms with van der Waals surface area (Å²) < 4.78 is 13.8. The van der Waals surface area contributed by atoms with Crippen molar-refractivity contribution in [1.82, 2.24) is 0 Å². The van der Waals surface area contributed by atoms with Gasteiger partial charge in [0, 0.05) is 9.80 Å². The Labute approximate surface area is 108 Å². The third-order valence-electron chi connectivity index (χ3n) is 2.64. The second kappa shape index (κ2) is 6.00. The van der Waals surface area contributed by atoms with Crippen molar-refractivity contribution in [2.75, 3.05) is 5.33 Å². The predicted molar refractivity (Wildman–Crippen MR) is 69.9 cm³/mol. The highest BCUT2D eigenvalue weighted by Crippen LogP contribution is 2.25. The molecule has 0 spiro atoms. The van der Waals surface area contributed by atoms with Crippen LogP contribution in [0.5, 0.6) is 0 Å². The lowest BCUT2D eigenvalue weighted by molar-refractivity contribution is 0.426. The summed E-state index contributed by atoms with van der Waals surface area (Å²) in [4.78, 5) is 0. The van der Waals surface area contributed by atoms with Gasteiger partial charge < -0.3 is 0 Å². The van der Waals surface area contributed by atoms with Crippen molar-refractivity contribution < 1.29 is 4.39 Å². The van der Waals surface area contributed by atoms with Gasteiger partial charge in [0.25, 0.3) is 0 Å². The lowest BCUT2D eigenvalue weighted by atomic mass is 9.91. The fourth-order valence-electron chi connectivity index (χ4n) is 1.44. The van der Waals surface area contributed by atoms with Crippen LogP contribution >= 0.6 is 31.9 Å². The van der Waals surface area contributed by atoms with Gasteiger partial charge in [-0.1, -0.05) is 51.8 Å². The SMILES string of the molecule is CC(C)C(CBr)Cc1ccc(F)cc1Br. The van der Waals surface area contributed by atoms with E-state index in [2.05, 4.69) is 45.7 Å². The van der Waals surface area contributed by atoms with Gasteiger partial charge in [0.1, 0.15) is 5.82 Å². The first-order valence-corrected chi connectivity index (χ1v) is 6.96. The Bertz CT molecular complexity index is 323. The van der Waals surface area contributed by atoms with Gasteiger partial charge in [-0.2, -0.15) is 0 Å². The third kappa shape index (κ3) is 3.87. The molecule has 1 rings (SSSR count). The van der Waals surface area contributed by atoms with E-state index in [1.165, 1.54) is 17.7 Å². The largest absolute Gasteiger partial charge is 0.207 e. The zero-order valence-electron chi connectivity index (χ0n) is 8.93. The first-order valence-electron chi connectivity index (χ1n) is 5.04. The molecule has 3 heteroatoms. The van der Waals surface area contributed by atoms with Crippen LogP contribution in [0.25, 0.3) is 0 Å². The molecule has 1 atom stereocenters. The molecule has 84 valence electrons. The Morgan fingerprint density at radius 1 is 1.33 bits per heavy atom. The molecule has 1 aromatic rings. The molecular weight excluding hydrogens is 323 g/mol. The van der Waals surface area contributed by atoms with Crippen LogP contribution < -0.4 is 0 Å². The van der Waals surface area contributed by atoms with Crippen LogP contribution in [0.3, 0.4) is 0 Å². The first-order chi connectivity index (χ1) is 7.04. The van der Waals surface area contributed by atoms with Crippen molar-refractivity contribution >= 4 is 31.9 Å². The highest BCUT2D eigenvalue weighted by atomic mass is 79.9. The van der Waals surface area contributed by atoms with Crippen LogP contribution in [0.4, 0.5) is 4.39 Å². The molecule has 0 radical (unpaired) electrons. The smallest absolute Gasteiger partial charge is 0.124 e. The topological polar surface area (TPSA) is 0 Å². The molecule has 1 unspecified atom stereocenters. The predicted octanol–water partition coefficient (Wildman–Crippen LogP) is 4.80. The maximum atomic E-state index is 12.9.